The molecule has 0 radical (unpaired) electrons. The lowest BCUT2D eigenvalue weighted by Crippen LogP contribution is -2.22. The number of ether oxygens (including phenoxy) is 1. The van der Waals surface area contributed by atoms with Crippen LogP contribution in [0.3, 0.4) is 0 Å². The molecule has 0 saturated carbocycles. The van der Waals surface area contributed by atoms with Crippen LogP contribution in [0.5, 0.6) is 0 Å². The summed E-state index contributed by atoms with van der Waals surface area (Å²) in [6.45, 7) is 6.07. The fourth-order valence-electron chi connectivity index (χ4n) is 2.95. The lowest BCUT2D eigenvalue weighted by Gasteiger charge is -2.24. The van der Waals surface area contributed by atoms with E-state index >= 15 is 0 Å². The summed E-state index contributed by atoms with van der Waals surface area (Å²) in [5, 5.41) is 2.87. The zero-order valence-corrected chi connectivity index (χ0v) is 14.3. The van der Waals surface area contributed by atoms with E-state index in [1.165, 1.54) is 0 Å². The lowest BCUT2D eigenvalue weighted by molar-refractivity contribution is -0.122. The highest BCUT2D eigenvalue weighted by molar-refractivity contribution is 5.92. The number of anilines is 1. The topological polar surface area (TPSA) is 50.7 Å². The highest BCUT2D eigenvalue weighted by atomic mass is 16.5. The monoisotopic (exact) mass is 322 g/mol. The third-order valence-corrected chi connectivity index (χ3v) is 4.12. The highest BCUT2D eigenvalue weighted by Crippen LogP contribution is 2.37. The molecule has 3 rings (SSSR count). The molecule has 0 bridgehead atoms. The molecule has 0 unspecified atom stereocenters. The van der Waals surface area contributed by atoms with Gasteiger partial charge in [0.2, 0.25) is 5.91 Å². The number of hydrogen-bond acceptors (Lipinski definition) is 3. The maximum atomic E-state index is 12.2. The largest absolute Gasteiger partial charge is 0.363 e. The molecule has 1 N–H and O–H groups in total. The average molecular weight is 322 g/mol. The van der Waals surface area contributed by atoms with Crippen LogP contribution >= 0.6 is 0 Å². The number of nitrogens with one attached hydrogen (secondary N) is 1. The normalized spacial score (nSPS) is 16.3. The van der Waals surface area contributed by atoms with Crippen LogP contribution in [0.25, 0.3) is 0 Å². The second-order valence-corrected chi connectivity index (χ2v) is 6.28. The molecular weight excluding hydrogens is 300 g/mol. The molecule has 4 heteroatoms. The number of fused-ring (bicyclic) bond motifs is 1. The van der Waals surface area contributed by atoms with Crippen molar-refractivity contribution in [2.24, 2.45) is 4.99 Å². The molecule has 1 heterocycles. The standard InChI is InChI=1S/C20H22N2O2/c1-13-6-4-8-16(10-13)22-19(23)12-24-18-11-15(3)21-20-14(2)7-5-9-17(18)20/h4-10,18H,11-12H2,1-3H3,(H,22,23)/t18-/m1/s1. The Morgan fingerprint density at radius 3 is 2.79 bits per heavy atom. The van der Waals surface area contributed by atoms with Crippen LogP contribution < -0.4 is 5.32 Å². The number of amides is 1. The van der Waals surface area contributed by atoms with E-state index < -0.39 is 0 Å². The van der Waals surface area contributed by atoms with Gasteiger partial charge >= 0.3 is 0 Å². The minimum Gasteiger partial charge on any atom is -0.363 e. The average Bonchev–Trinajstić information content (AvgIpc) is 2.53. The van der Waals surface area contributed by atoms with E-state index in [1.807, 2.05) is 63.2 Å². The Hall–Kier alpha value is -2.46. The predicted molar refractivity (Wildman–Crippen MR) is 97.1 cm³/mol. The van der Waals surface area contributed by atoms with E-state index in [9.17, 15) is 4.79 Å². The Kier molecular flexibility index (Phi) is 4.76. The fraction of sp³-hybridized carbons (Fsp3) is 0.300. The van der Waals surface area contributed by atoms with Gasteiger partial charge in [0.05, 0.1) is 11.8 Å². The number of aliphatic imine (C=N–C) groups is 1. The van der Waals surface area contributed by atoms with E-state index in [0.717, 1.165) is 33.8 Å². The molecule has 1 atom stereocenters. The third-order valence-electron chi connectivity index (χ3n) is 4.12. The van der Waals surface area contributed by atoms with Crippen LogP contribution in [0.4, 0.5) is 11.4 Å². The molecule has 0 aliphatic carbocycles. The molecule has 0 aromatic heterocycles. The number of carbonyl (C=O) groups excluding carboxylic acids is 1. The van der Waals surface area contributed by atoms with Gasteiger partial charge in [-0.3, -0.25) is 9.79 Å². The van der Waals surface area contributed by atoms with E-state index in [2.05, 4.69) is 10.3 Å². The third kappa shape index (κ3) is 3.71. The molecule has 0 saturated heterocycles. The zero-order valence-electron chi connectivity index (χ0n) is 14.3. The lowest BCUT2D eigenvalue weighted by atomic mass is 9.96. The van der Waals surface area contributed by atoms with Gasteiger partial charge in [0.25, 0.3) is 0 Å². The van der Waals surface area contributed by atoms with Crippen LogP contribution in [-0.2, 0) is 9.53 Å². The molecule has 2 aromatic rings. The predicted octanol–water partition coefficient (Wildman–Crippen LogP) is 4.50. The van der Waals surface area contributed by atoms with Crippen LogP contribution in [0.1, 0.15) is 36.1 Å². The van der Waals surface area contributed by atoms with Gasteiger partial charge < -0.3 is 10.1 Å². The van der Waals surface area contributed by atoms with Crippen molar-refractivity contribution in [2.75, 3.05) is 11.9 Å². The Morgan fingerprint density at radius 1 is 1.21 bits per heavy atom. The van der Waals surface area contributed by atoms with E-state index in [4.69, 9.17) is 4.74 Å². The molecule has 2 aromatic carbocycles. The van der Waals surface area contributed by atoms with Gasteiger partial charge in [-0.05, 0) is 44.0 Å². The molecular formula is C20H22N2O2. The van der Waals surface area contributed by atoms with Crippen molar-refractivity contribution in [3.05, 3.63) is 59.2 Å². The molecule has 0 spiro atoms. The molecule has 1 amide bonds. The van der Waals surface area contributed by atoms with Crippen molar-refractivity contribution in [2.45, 2.75) is 33.3 Å². The number of para-hydroxylation sites is 1. The van der Waals surface area contributed by atoms with E-state index in [0.29, 0.717) is 6.42 Å². The Morgan fingerprint density at radius 2 is 2.00 bits per heavy atom. The number of nitrogens with zero attached hydrogens (tertiary/aromatic N) is 1. The summed E-state index contributed by atoms with van der Waals surface area (Å²) in [5.74, 6) is -0.144. The molecule has 0 fully saturated rings. The highest BCUT2D eigenvalue weighted by Gasteiger charge is 2.23. The first kappa shape index (κ1) is 16.4. The number of rotatable bonds is 4. The fourth-order valence-corrected chi connectivity index (χ4v) is 2.95. The van der Waals surface area contributed by atoms with Crippen molar-refractivity contribution >= 4 is 23.0 Å². The smallest absolute Gasteiger partial charge is 0.250 e. The summed E-state index contributed by atoms with van der Waals surface area (Å²) in [4.78, 5) is 16.8. The van der Waals surface area contributed by atoms with Gasteiger partial charge in [-0.25, -0.2) is 0 Å². The van der Waals surface area contributed by atoms with Gasteiger partial charge in [0.1, 0.15) is 6.61 Å². The van der Waals surface area contributed by atoms with Crippen LogP contribution in [0.15, 0.2) is 47.5 Å². The number of aryl methyl sites for hydroxylation is 2. The Labute approximate surface area is 142 Å². The van der Waals surface area contributed by atoms with Crippen molar-refractivity contribution in [3.63, 3.8) is 0 Å². The molecule has 1 aliphatic heterocycles. The maximum absolute atomic E-state index is 12.2. The number of benzene rings is 2. The second kappa shape index (κ2) is 6.97. The number of carbonyl (C=O) groups is 1. The molecule has 1 aliphatic rings. The minimum absolute atomic E-state index is 0.0271. The van der Waals surface area contributed by atoms with Gasteiger partial charge in [-0.1, -0.05) is 30.3 Å². The quantitative estimate of drug-likeness (QED) is 0.901. The van der Waals surface area contributed by atoms with Gasteiger partial charge in [0, 0.05) is 23.4 Å². The number of hydrogen-bond donors (Lipinski definition) is 1. The SMILES string of the molecule is CC1=Nc2c(C)cccc2[C@H](OCC(=O)Nc2cccc(C)c2)C1. The second-order valence-electron chi connectivity index (χ2n) is 6.28. The van der Waals surface area contributed by atoms with Crippen LogP contribution in [0, 0.1) is 13.8 Å². The van der Waals surface area contributed by atoms with Gasteiger partial charge in [-0.2, -0.15) is 0 Å². The van der Waals surface area contributed by atoms with Crippen molar-refractivity contribution < 1.29 is 9.53 Å². The summed E-state index contributed by atoms with van der Waals surface area (Å²) in [5.41, 5.74) is 6.10. The Bertz CT molecular complexity index is 796. The first-order valence-corrected chi connectivity index (χ1v) is 8.15. The molecule has 124 valence electrons. The zero-order chi connectivity index (χ0) is 17.1. The van der Waals surface area contributed by atoms with E-state index in [1.54, 1.807) is 0 Å². The summed E-state index contributed by atoms with van der Waals surface area (Å²) in [6.07, 6.45) is 0.592. The first-order chi connectivity index (χ1) is 11.5. The first-order valence-electron chi connectivity index (χ1n) is 8.15. The Balaban J connectivity index is 1.66. The summed E-state index contributed by atoms with van der Waals surface area (Å²) in [6, 6.07) is 13.8. The molecule has 24 heavy (non-hydrogen) atoms. The van der Waals surface area contributed by atoms with Crippen molar-refractivity contribution in [1.29, 1.82) is 0 Å². The van der Waals surface area contributed by atoms with Gasteiger partial charge in [0.15, 0.2) is 0 Å². The maximum Gasteiger partial charge on any atom is 0.250 e. The van der Waals surface area contributed by atoms with Crippen LogP contribution in [0.2, 0.25) is 0 Å². The van der Waals surface area contributed by atoms with Gasteiger partial charge in [-0.15, -0.1) is 0 Å². The molecule has 4 nitrogen and oxygen atoms in total. The minimum atomic E-state index is -0.144. The van der Waals surface area contributed by atoms with Crippen molar-refractivity contribution in [3.8, 4) is 0 Å². The van der Waals surface area contributed by atoms with E-state index in [-0.39, 0.29) is 18.6 Å². The summed E-state index contributed by atoms with van der Waals surface area (Å²) < 4.78 is 5.91. The van der Waals surface area contributed by atoms with Crippen LogP contribution in [-0.4, -0.2) is 18.2 Å². The summed E-state index contributed by atoms with van der Waals surface area (Å²) in [7, 11) is 0. The summed E-state index contributed by atoms with van der Waals surface area (Å²) >= 11 is 0. The van der Waals surface area contributed by atoms with Crippen molar-refractivity contribution in [1.82, 2.24) is 0 Å².